The summed E-state index contributed by atoms with van der Waals surface area (Å²) in [5, 5.41) is 9.15. The highest BCUT2D eigenvalue weighted by Gasteiger charge is 2.30. The molecule has 2 aromatic rings. The molecule has 1 aliphatic rings. The number of carbonyl (C=O) groups is 2. The average molecular weight is 412 g/mol. The molecule has 0 atom stereocenters. The van der Waals surface area contributed by atoms with Crippen LogP contribution in [0, 0.1) is 0 Å². The quantitative estimate of drug-likeness (QED) is 0.605. The van der Waals surface area contributed by atoms with Crippen LogP contribution >= 0.6 is 0 Å². The molecule has 0 unspecified atom stereocenters. The van der Waals surface area contributed by atoms with E-state index in [1.807, 2.05) is 55.4 Å². The zero-order valence-electron chi connectivity index (χ0n) is 17.4. The number of fused-ring (bicyclic) bond motifs is 3. The van der Waals surface area contributed by atoms with E-state index < -0.39 is 18.6 Å². The van der Waals surface area contributed by atoms with Gasteiger partial charge in [0.25, 0.3) is 0 Å². The molecular weight excluding hydrogens is 384 g/mol. The Hall–Kier alpha value is -2.90. The van der Waals surface area contributed by atoms with Gasteiger partial charge in [-0.25, -0.2) is 4.79 Å². The number of hydrogen-bond donors (Lipinski definition) is 1. The van der Waals surface area contributed by atoms with Crippen molar-refractivity contribution in [2.24, 2.45) is 0 Å². The van der Waals surface area contributed by atoms with Crippen LogP contribution in [0.25, 0.3) is 11.1 Å². The Balaban J connectivity index is 1.61. The van der Waals surface area contributed by atoms with Gasteiger partial charge in [-0.05, 0) is 36.3 Å². The van der Waals surface area contributed by atoms with Gasteiger partial charge in [0.05, 0.1) is 13.2 Å². The molecule has 7 nitrogen and oxygen atoms in total. The summed E-state index contributed by atoms with van der Waals surface area (Å²) in [4.78, 5) is 26.9. The Labute approximate surface area is 176 Å². The second kappa shape index (κ2) is 10.2. The number of ether oxygens (including phenoxy) is 2. The Morgan fingerprint density at radius 2 is 1.50 bits per heavy atom. The SMILES string of the molecule is CN(C)CCOCCN(CC(=O)O)C(=O)OCC1c2ccccc2-c2ccccc21. The van der Waals surface area contributed by atoms with E-state index in [-0.39, 0.29) is 25.7 Å². The largest absolute Gasteiger partial charge is 0.480 e. The van der Waals surface area contributed by atoms with E-state index >= 15 is 0 Å². The van der Waals surface area contributed by atoms with Gasteiger partial charge in [0.15, 0.2) is 0 Å². The summed E-state index contributed by atoms with van der Waals surface area (Å²) < 4.78 is 11.1. The molecule has 0 aliphatic heterocycles. The first-order chi connectivity index (χ1) is 14.5. The van der Waals surface area contributed by atoms with Gasteiger partial charge in [-0.1, -0.05) is 48.5 Å². The van der Waals surface area contributed by atoms with E-state index in [0.717, 1.165) is 28.8 Å². The fraction of sp³-hybridized carbons (Fsp3) is 0.391. The average Bonchev–Trinajstić information content (AvgIpc) is 3.04. The minimum atomic E-state index is -1.09. The third-order valence-corrected chi connectivity index (χ3v) is 5.11. The van der Waals surface area contributed by atoms with E-state index in [0.29, 0.717) is 6.61 Å². The summed E-state index contributed by atoms with van der Waals surface area (Å²) in [5.74, 6) is -1.15. The normalized spacial score (nSPS) is 12.5. The number of rotatable bonds is 10. The van der Waals surface area contributed by atoms with Crippen molar-refractivity contribution < 1.29 is 24.2 Å². The number of likely N-dealkylation sites (N-methyl/N-ethyl adjacent to an activating group) is 1. The van der Waals surface area contributed by atoms with Crippen LogP contribution in [-0.4, -0.2) is 80.5 Å². The molecule has 0 bridgehead atoms. The smallest absolute Gasteiger partial charge is 0.410 e. The number of benzene rings is 2. The van der Waals surface area contributed by atoms with Gasteiger partial charge < -0.3 is 19.5 Å². The number of carbonyl (C=O) groups excluding carboxylic acids is 1. The second-order valence-corrected chi connectivity index (χ2v) is 7.53. The lowest BCUT2D eigenvalue weighted by atomic mass is 9.98. The van der Waals surface area contributed by atoms with Crippen molar-refractivity contribution in [1.82, 2.24) is 9.80 Å². The Morgan fingerprint density at radius 1 is 0.933 bits per heavy atom. The second-order valence-electron chi connectivity index (χ2n) is 7.53. The summed E-state index contributed by atoms with van der Waals surface area (Å²) in [5.41, 5.74) is 4.52. The van der Waals surface area contributed by atoms with Crippen LogP contribution in [0.5, 0.6) is 0 Å². The summed E-state index contributed by atoms with van der Waals surface area (Å²) in [6, 6.07) is 16.2. The van der Waals surface area contributed by atoms with Crippen molar-refractivity contribution in [3.8, 4) is 11.1 Å². The Morgan fingerprint density at radius 3 is 2.07 bits per heavy atom. The molecule has 3 rings (SSSR count). The zero-order valence-corrected chi connectivity index (χ0v) is 17.4. The fourth-order valence-corrected chi connectivity index (χ4v) is 3.61. The topological polar surface area (TPSA) is 79.3 Å². The molecule has 1 amide bonds. The Bertz CT molecular complexity index is 838. The first kappa shape index (κ1) is 21.8. The molecule has 7 heteroatoms. The van der Waals surface area contributed by atoms with Gasteiger partial charge in [0, 0.05) is 19.0 Å². The van der Waals surface area contributed by atoms with Crippen molar-refractivity contribution in [2.45, 2.75) is 5.92 Å². The van der Waals surface area contributed by atoms with Gasteiger partial charge >= 0.3 is 12.1 Å². The van der Waals surface area contributed by atoms with Crippen LogP contribution in [0.1, 0.15) is 17.0 Å². The fourth-order valence-electron chi connectivity index (χ4n) is 3.61. The Kier molecular flexibility index (Phi) is 7.43. The maximum absolute atomic E-state index is 12.6. The molecular formula is C23H28N2O5. The lowest BCUT2D eigenvalue weighted by Crippen LogP contribution is -2.39. The molecule has 160 valence electrons. The van der Waals surface area contributed by atoms with E-state index in [9.17, 15) is 9.59 Å². The molecule has 0 saturated heterocycles. The monoisotopic (exact) mass is 412 g/mol. The van der Waals surface area contributed by atoms with Crippen LogP contribution in [-0.2, 0) is 14.3 Å². The molecule has 0 fully saturated rings. The highest BCUT2D eigenvalue weighted by molar-refractivity contribution is 5.79. The van der Waals surface area contributed by atoms with Crippen molar-refractivity contribution >= 4 is 12.1 Å². The molecule has 30 heavy (non-hydrogen) atoms. The van der Waals surface area contributed by atoms with Crippen LogP contribution in [0.3, 0.4) is 0 Å². The lowest BCUT2D eigenvalue weighted by molar-refractivity contribution is -0.138. The van der Waals surface area contributed by atoms with Gasteiger partial charge in [-0.2, -0.15) is 0 Å². The standard InChI is InChI=1S/C23H28N2O5/c1-24(2)11-13-29-14-12-25(15-22(26)27)23(28)30-16-21-19-9-5-3-7-17(19)18-8-4-6-10-20(18)21/h3-10,21H,11-16H2,1-2H3,(H,26,27). The van der Waals surface area contributed by atoms with Crippen molar-refractivity contribution in [1.29, 1.82) is 0 Å². The third-order valence-electron chi connectivity index (χ3n) is 5.11. The molecule has 0 aromatic heterocycles. The van der Waals surface area contributed by atoms with Crippen molar-refractivity contribution in [3.63, 3.8) is 0 Å². The summed E-state index contributed by atoms with van der Waals surface area (Å²) in [6.07, 6.45) is -0.643. The van der Waals surface area contributed by atoms with Crippen LogP contribution in [0.15, 0.2) is 48.5 Å². The number of aliphatic carboxylic acids is 1. The van der Waals surface area contributed by atoms with E-state index in [2.05, 4.69) is 12.1 Å². The molecule has 2 aromatic carbocycles. The number of nitrogens with zero attached hydrogens (tertiary/aromatic N) is 2. The predicted octanol–water partition coefficient (Wildman–Crippen LogP) is 2.90. The van der Waals surface area contributed by atoms with Crippen LogP contribution < -0.4 is 0 Å². The predicted molar refractivity (Wildman–Crippen MR) is 114 cm³/mol. The molecule has 1 N–H and O–H groups in total. The highest BCUT2D eigenvalue weighted by atomic mass is 16.6. The van der Waals surface area contributed by atoms with Gasteiger partial charge in [0.1, 0.15) is 13.2 Å². The molecule has 0 radical (unpaired) electrons. The van der Waals surface area contributed by atoms with Crippen molar-refractivity contribution in [2.75, 3.05) is 53.6 Å². The van der Waals surface area contributed by atoms with Crippen LogP contribution in [0.4, 0.5) is 4.79 Å². The van der Waals surface area contributed by atoms with Gasteiger partial charge in [0.2, 0.25) is 0 Å². The zero-order chi connectivity index (χ0) is 21.5. The van der Waals surface area contributed by atoms with E-state index in [1.54, 1.807) is 0 Å². The van der Waals surface area contributed by atoms with Gasteiger partial charge in [-0.15, -0.1) is 0 Å². The lowest BCUT2D eigenvalue weighted by Gasteiger charge is -2.22. The number of amides is 1. The summed E-state index contributed by atoms with van der Waals surface area (Å²) in [7, 11) is 3.88. The maximum atomic E-state index is 12.6. The van der Waals surface area contributed by atoms with Crippen LogP contribution in [0.2, 0.25) is 0 Å². The van der Waals surface area contributed by atoms with Gasteiger partial charge in [-0.3, -0.25) is 9.69 Å². The van der Waals surface area contributed by atoms with E-state index in [1.165, 1.54) is 4.90 Å². The number of hydrogen-bond acceptors (Lipinski definition) is 5. The first-order valence-electron chi connectivity index (χ1n) is 10.0. The minimum absolute atomic E-state index is 0.0654. The third kappa shape index (κ3) is 5.37. The minimum Gasteiger partial charge on any atom is -0.480 e. The van der Waals surface area contributed by atoms with Crippen molar-refractivity contribution in [3.05, 3.63) is 59.7 Å². The maximum Gasteiger partial charge on any atom is 0.410 e. The molecule has 0 spiro atoms. The summed E-state index contributed by atoms with van der Waals surface area (Å²) in [6.45, 7) is 1.42. The highest BCUT2D eigenvalue weighted by Crippen LogP contribution is 2.44. The number of carboxylic acids is 1. The first-order valence-corrected chi connectivity index (χ1v) is 10.0. The number of carboxylic acid groups (broad SMARTS) is 1. The molecule has 0 heterocycles. The molecule has 1 aliphatic carbocycles. The molecule has 0 saturated carbocycles. The summed E-state index contributed by atoms with van der Waals surface area (Å²) >= 11 is 0. The van der Waals surface area contributed by atoms with E-state index in [4.69, 9.17) is 14.6 Å².